The maximum Gasteiger partial charge on any atom is 0.223 e. The van der Waals surface area contributed by atoms with Crippen molar-refractivity contribution in [2.24, 2.45) is 0 Å². The van der Waals surface area contributed by atoms with E-state index in [2.05, 4.69) is 5.32 Å². The molecule has 2 aromatic carbocycles. The van der Waals surface area contributed by atoms with Crippen molar-refractivity contribution in [3.8, 4) is 5.75 Å². The van der Waals surface area contributed by atoms with Crippen molar-refractivity contribution in [3.05, 3.63) is 59.9 Å². The van der Waals surface area contributed by atoms with Crippen LogP contribution in [0.2, 0.25) is 0 Å². The Balaban J connectivity index is 1.67. The minimum Gasteiger partial charge on any atom is -0.493 e. The summed E-state index contributed by atoms with van der Waals surface area (Å²) in [4.78, 5) is 11.6. The SMILES string of the molecule is Nc1ccc(OCCC(=O)NCc2ccc(F)cc2)cc1. The summed E-state index contributed by atoms with van der Waals surface area (Å²) < 4.78 is 18.2. The number of halogens is 1. The molecule has 3 N–H and O–H groups in total. The number of nitrogen functional groups attached to an aromatic ring is 1. The van der Waals surface area contributed by atoms with Crippen molar-refractivity contribution >= 4 is 11.6 Å². The van der Waals surface area contributed by atoms with Crippen LogP contribution in [0.5, 0.6) is 5.75 Å². The number of hydrogen-bond acceptors (Lipinski definition) is 3. The van der Waals surface area contributed by atoms with Crippen LogP contribution in [0.3, 0.4) is 0 Å². The zero-order valence-electron chi connectivity index (χ0n) is 11.5. The molecule has 0 aliphatic carbocycles. The fraction of sp³-hybridized carbons (Fsp3) is 0.188. The molecular formula is C16H17FN2O2. The van der Waals surface area contributed by atoms with Crippen molar-refractivity contribution in [2.75, 3.05) is 12.3 Å². The predicted octanol–water partition coefficient (Wildman–Crippen LogP) is 2.49. The molecule has 0 saturated heterocycles. The number of carbonyl (C=O) groups excluding carboxylic acids is 1. The van der Waals surface area contributed by atoms with Gasteiger partial charge >= 0.3 is 0 Å². The lowest BCUT2D eigenvalue weighted by Crippen LogP contribution is -2.24. The van der Waals surface area contributed by atoms with Gasteiger partial charge in [0, 0.05) is 12.2 Å². The summed E-state index contributed by atoms with van der Waals surface area (Å²) in [5.74, 6) is 0.271. The lowest BCUT2D eigenvalue weighted by Gasteiger charge is -2.07. The van der Waals surface area contributed by atoms with E-state index in [9.17, 15) is 9.18 Å². The minimum atomic E-state index is -0.290. The number of benzene rings is 2. The molecule has 4 nitrogen and oxygen atoms in total. The molecule has 1 amide bonds. The minimum absolute atomic E-state index is 0.116. The maximum atomic E-state index is 12.7. The highest BCUT2D eigenvalue weighted by Gasteiger charge is 2.02. The summed E-state index contributed by atoms with van der Waals surface area (Å²) >= 11 is 0. The first-order chi connectivity index (χ1) is 10.1. The number of anilines is 1. The molecule has 0 aromatic heterocycles. The van der Waals surface area contributed by atoms with Gasteiger partial charge in [0.2, 0.25) is 5.91 Å². The molecular weight excluding hydrogens is 271 g/mol. The monoisotopic (exact) mass is 288 g/mol. The molecule has 2 rings (SSSR count). The summed E-state index contributed by atoms with van der Waals surface area (Å²) in [5, 5.41) is 2.75. The first kappa shape index (κ1) is 14.8. The van der Waals surface area contributed by atoms with Crippen LogP contribution in [0.1, 0.15) is 12.0 Å². The second kappa shape index (κ2) is 7.28. The second-order valence-corrected chi connectivity index (χ2v) is 4.57. The van der Waals surface area contributed by atoms with Gasteiger partial charge in [0.1, 0.15) is 11.6 Å². The first-order valence-corrected chi connectivity index (χ1v) is 6.63. The highest BCUT2D eigenvalue weighted by Crippen LogP contribution is 2.13. The van der Waals surface area contributed by atoms with Crippen LogP contribution >= 0.6 is 0 Å². The van der Waals surface area contributed by atoms with Crippen molar-refractivity contribution in [3.63, 3.8) is 0 Å². The third-order valence-corrected chi connectivity index (χ3v) is 2.88. The summed E-state index contributed by atoms with van der Waals surface area (Å²) in [7, 11) is 0. The Morgan fingerprint density at radius 3 is 2.43 bits per heavy atom. The number of carbonyl (C=O) groups is 1. The quantitative estimate of drug-likeness (QED) is 0.803. The molecule has 110 valence electrons. The normalized spacial score (nSPS) is 10.1. The molecule has 0 saturated carbocycles. The van der Waals surface area contributed by atoms with E-state index in [4.69, 9.17) is 10.5 Å². The maximum absolute atomic E-state index is 12.7. The Morgan fingerprint density at radius 2 is 1.76 bits per heavy atom. The van der Waals surface area contributed by atoms with E-state index in [-0.39, 0.29) is 18.1 Å². The Hall–Kier alpha value is -2.56. The van der Waals surface area contributed by atoms with E-state index in [1.54, 1.807) is 36.4 Å². The number of rotatable bonds is 6. The summed E-state index contributed by atoms with van der Waals surface area (Å²) in [6, 6.07) is 13.0. The van der Waals surface area contributed by atoms with E-state index >= 15 is 0 Å². The molecule has 0 unspecified atom stereocenters. The smallest absolute Gasteiger partial charge is 0.223 e. The molecule has 0 spiro atoms. The Morgan fingerprint density at radius 1 is 1.10 bits per heavy atom. The molecule has 5 heteroatoms. The number of hydrogen-bond donors (Lipinski definition) is 2. The van der Waals surface area contributed by atoms with Gasteiger partial charge in [0.25, 0.3) is 0 Å². The van der Waals surface area contributed by atoms with Gasteiger partial charge in [-0.1, -0.05) is 12.1 Å². The van der Waals surface area contributed by atoms with Crippen LogP contribution in [0.15, 0.2) is 48.5 Å². The highest BCUT2D eigenvalue weighted by atomic mass is 19.1. The summed E-state index contributed by atoms with van der Waals surface area (Å²) in [5.41, 5.74) is 7.08. The van der Waals surface area contributed by atoms with Gasteiger partial charge < -0.3 is 15.8 Å². The first-order valence-electron chi connectivity index (χ1n) is 6.63. The standard InChI is InChI=1S/C16H17FN2O2/c17-13-3-1-12(2-4-13)11-19-16(20)9-10-21-15-7-5-14(18)6-8-15/h1-8H,9-11,18H2,(H,19,20). The van der Waals surface area contributed by atoms with E-state index in [0.29, 0.717) is 24.6 Å². The van der Waals surface area contributed by atoms with Gasteiger partial charge in [0.05, 0.1) is 13.0 Å². The average molecular weight is 288 g/mol. The lowest BCUT2D eigenvalue weighted by atomic mass is 10.2. The van der Waals surface area contributed by atoms with Crippen LogP contribution in [-0.4, -0.2) is 12.5 Å². The number of nitrogens with one attached hydrogen (secondary N) is 1. The summed E-state index contributed by atoms with van der Waals surface area (Å²) in [6.45, 7) is 0.667. The fourth-order valence-electron chi connectivity index (χ4n) is 1.72. The molecule has 21 heavy (non-hydrogen) atoms. The molecule has 0 atom stereocenters. The highest BCUT2D eigenvalue weighted by molar-refractivity contribution is 5.75. The zero-order valence-corrected chi connectivity index (χ0v) is 11.5. The van der Waals surface area contributed by atoms with Gasteiger partial charge in [-0.15, -0.1) is 0 Å². The topological polar surface area (TPSA) is 64.3 Å². The largest absolute Gasteiger partial charge is 0.493 e. The molecule has 0 fully saturated rings. The summed E-state index contributed by atoms with van der Waals surface area (Å²) in [6.07, 6.45) is 0.256. The third-order valence-electron chi connectivity index (χ3n) is 2.88. The Labute approximate surface area is 122 Å². The van der Waals surface area contributed by atoms with Crippen molar-refractivity contribution in [1.82, 2.24) is 5.32 Å². The van der Waals surface area contributed by atoms with Crippen LogP contribution in [0, 0.1) is 5.82 Å². The van der Waals surface area contributed by atoms with Crippen LogP contribution in [0.4, 0.5) is 10.1 Å². The van der Waals surface area contributed by atoms with Gasteiger partial charge in [0.15, 0.2) is 0 Å². The van der Waals surface area contributed by atoms with Crippen molar-refractivity contribution in [2.45, 2.75) is 13.0 Å². The van der Waals surface area contributed by atoms with Gasteiger partial charge in [-0.3, -0.25) is 4.79 Å². The molecule has 0 aliphatic heterocycles. The van der Waals surface area contributed by atoms with E-state index in [1.165, 1.54) is 12.1 Å². The van der Waals surface area contributed by atoms with Gasteiger partial charge in [-0.25, -0.2) is 4.39 Å². The van der Waals surface area contributed by atoms with Crippen molar-refractivity contribution in [1.29, 1.82) is 0 Å². The predicted molar refractivity (Wildman–Crippen MR) is 79.2 cm³/mol. The molecule has 0 aliphatic rings. The molecule has 0 radical (unpaired) electrons. The number of amides is 1. The third kappa shape index (κ3) is 5.14. The van der Waals surface area contributed by atoms with E-state index in [1.807, 2.05) is 0 Å². The molecule has 0 heterocycles. The Kier molecular flexibility index (Phi) is 5.15. The van der Waals surface area contributed by atoms with E-state index in [0.717, 1.165) is 5.56 Å². The van der Waals surface area contributed by atoms with Crippen LogP contribution in [-0.2, 0) is 11.3 Å². The van der Waals surface area contributed by atoms with Crippen LogP contribution < -0.4 is 15.8 Å². The van der Waals surface area contributed by atoms with Gasteiger partial charge in [-0.05, 0) is 42.0 Å². The number of ether oxygens (including phenoxy) is 1. The molecule has 0 bridgehead atoms. The average Bonchev–Trinajstić information content (AvgIpc) is 2.49. The second-order valence-electron chi connectivity index (χ2n) is 4.57. The molecule has 2 aromatic rings. The Bertz CT molecular complexity index is 582. The fourth-order valence-corrected chi connectivity index (χ4v) is 1.72. The number of nitrogens with two attached hydrogens (primary N) is 1. The van der Waals surface area contributed by atoms with Crippen LogP contribution in [0.25, 0.3) is 0 Å². The van der Waals surface area contributed by atoms with Gasteiger partial charge in [-0.2, -0.15) is 0 Å². The lowest BCUT2D eigenvalue weighted by molar-refractivity contribution is -0.121. The zero-order chi connectivity index (χ0) is 15.1. The van der Waals surface area contributed by atoms with E-state index < -0.39 is 0 Å². The van der Waals surface area contributed by atoms with Crippen molar-refractivity contribution < 1.29 is 13.9 Å².